The minimum absolute atomic E-state index is 0.334. The number of ether oxygens (including phenoxy) is 1. The SMILES string of the molecule is COCc1ccccc1C(O)c1cc(F)ccc1Cl. The predicted molar refractivity (Wildman–Crippen MR) is 72.6 cm³/mol. The minimum atomic E-state index is -0.977. The number of aliphatic hydroxyl groups is 1. The fraction of sp³-hybridized carbons (Fsp3) is 0.200. The van der Waals surface area contributed by atoms with E-state index in [1.54, 1.807) is 13.2 Å². The van der Waals surface area contributed by atoms with Gasteiger partial charge in [-0.1, -0.05) is 35.9 Å². The quantitative estimate of drug-likeness (QED) is 0.925. The first-order valence-electron chi connectivity index (χ1n) is 5.83. The first-order chi connectivity index (χ1) is 9.13. The predicted octanol–water partition coefficient (Wildman–Crippen LogP) is 3.71. The molecular weight excluding hydrogens is 267 g/mol. The maximum Gasteiger partial charge on any atom is 0.123 e. The number of benzene rings is 2. The summed E-state index contributed by atoms with van der Waals surface area (Å²) in [5.74, 6) is -0.428. The van der Waals surface area contributed by atoms with Crippen LogP contribution in [0.25, 0.3) is 0 Å². The molecule has 0 amide bonds. The van der Waals surface area contributed by atoms with Crippen molar-refractivity contribution >= 4 is 11.6 Å². The lowest BCUT2D eigenvalue weighted by atomic mass is 9.97. The number of aliphatic hydroxyl groups excluding tert-OH is 1. The van der Waals surface area contributed by atoms with Crippen molar-refractivity contribution in [2.45, 2.75) is 12.7 Å². The van der Waals surface area contributed by atoms with Gasteiger partial charge in [-0.2, -0.15) is 0 Å². The molecule has 4 heteroatoms. The van der Waals surface area contributed by atoms with E-state index in [0.29, 0.717) is 22.8 Å². The van der Waals surface area contributed by atoms with Gasteiger partial charge in [0.05, 0.1) is 6.61 Å². The van der Waals surface area contributed by atoms with Gasteiger partial charge < -0.3 is 9.84 Å². The Morgan fingerprint density at radius 1 is 1.21 bits per heavy atom. The Morgan fingerprint density at radius 3 is 2.68 bits per heavy atom. The number of hydrogen-bond donors (Lipinski definition) is 1. The van der Waals surface area contributed by atoms with E-state index in [-0.39, 0.29) is 0 Å². The van der Waals surface area contributed by atoms with Crippen LogP contribution in [0.15, 0.2) is 42.5 Å². The van der Waals surface area contributed by atoms with Gasteiger partial charge in [-0.3, -0.25) is 0 Å². The van der Waals surface area contributed by atoms with Gasteiger partial charge in [0.15, 0.2) is 0 Å². The van der Waals surface area contributed by atoms with Gasteiger partial charge in [0.1, 0.15) is 11.9 Å². The number of hydrogen-bond acceptors (Lipinski definition) is 2. The van der Waals surface area contributed by atoms with Crippen LogP contribution in [0.5, 0.6) is 0 Å². The molecule has 0 aliphatic carbocycles. The van der Waals surface area contributed by atoms with E-state index in [0.717, 1.165) is 5.56 Å². The van der Waals surface area contributed by atoms with Gasteiger partial charge in [0.2, 0.25) is 0 Å². The molecule has 0 fully saturated rings. The van der Waals surface area contributed by atoms with Crippen molar-refractivity contribution < 1.29 is 14.2 Å². The van der Waals surface area contributed by atoms with Gasteiger partial charge >= 0.3 is 0 Å². The normalized spacial score (nSPS) is 12.4. The van der Waals surface area contributed by atoms with Crippen LogP contribution < -0.4 is 0 Å². The first kappa shape index (κ1) is 14.0. The summed E-state index contributed by atoms with van der Waals surface area (Å²) in [7, 11) is 1.58. The van der Waals surface area contributed by atoms with Crippen molar-refractivity contribution in [3.63, 3.8) is 0 Å². The van der Waals surface area contributed by atoms with E-state index in [1.807, 2.05) is 18.2 Å². The van der Waals surface area contributed by atoms with Gasteiger partial charge in [0, 0.05) is 17.7 Å². The average molecular weight is 281 g/mol. The van der Waals surface area contributed by atoms with Gasteiger partial charge in [0.25, 0.3) is 0 Å². The molecule has 19 heavy (non-hydrogen) atoms. The maximum atomic E-state index is 13.3. The van der Waals surface area contributed by atoms with Crippen molar-refractivity contribution in [2.75, 3.05) is 7.11 Å². The van der Waals surface area contributed by atoms with E-state index in [4.69, 9.17) is 16.3 Å². The lowest BCUT2D eigenvalue weighted by Gasteiger charge is -2.17. The molecule has 0 radical (unpaired) electrons. The Morgan fingerprint density at radius 2 is 1.95 bits per heavy atom. The summed E-state index contributed by atoms with van der Waals surface area (Å²) in [6, 6.07) is 11.3. The Balaban J connectivity index is 2.43. The lowest BCUT2D eigenvalue weighted by molar-refractivity contribution is 0.176. The van der Waals surface area contributed by atoms with Crippen LogP contribution >= 0.6 is 11.6 Å². The second-order valence-electron chi connectivity index (χ2n) is 4.20. The van der Waals surface area contributed by atoms with E-state index < -0.39 is 11.9 Å². The fourth-order valence-corrected chi connectivity index (χ4v) is 2.20. The number of halogens is 2. The molecule has 2 aromatic rings. The van der Waals surface area contributed by atoms with E-state index in [1.165, 1.54) is 18.2 Å². The molecule has 2 rings (SSSR count). The van der Waals surface area contributed by atoms with Crippen LogP contribution in [-0.4, -0.2) is 12.2 Å². The molecule has 100 valence electrons. The number of methoxy groups -OCH3 is 1. The van der Waals surface area contributed by atoms with Crippen LogP contribution in [0.4, 0.5) is 4.39 Å². The Hall–Kier alpha value is -1.42. The third-order valence-electron chi connectivity index (χ3n) is 2.90. The Labute approximate surface area is 116 Å². The average Bonchev–Trinajstić information content (AvgIpc) is 2.42. The van der Waals surface area contributed by atoms with Crippen molar-refractivity contribution in [1.82, 2.24) is 0 Å². The first-order valence-corrected chi connectivity index (χ1v) is 6.21. The molecule has 0 aromatic heterocycles. The second-order valence-corrected chi connectivity index (χ2v) is 4.61. The van der Waals surface area contributed by atoms with Crippen LogP contribution in [-0.2, 0) is 11.3 Å². The highest BCUT2D eigenvalue weighted by atomic mass is 35.5. The molecule has 1 atom stereocenters. The van der Waals surface area contributed by atoms with Crippen LogP contribution in [0.3, 0.4) is 0 Å². The second kappa shape index (κ2) is 6.15. The maximum absolute atomic E-state index is 13.3. The zero-order valence-corrected chi connectivity index (χ0v) is 11.2. The van der Waals surface area contributed by atoms with Crippen molar-refractivity contribution in [3.8, 4) is 0 Å². The van der Waals surface area contributed by atoms with Gasteiger partial charge in [-0.15, -0.1) is 0 Å². The summed E-state index contributed by atoms with van der Waals surface area (Å²) in [6.45, 7) is 0.375. The topological polar surface area (TPSA) is 29.5 Å². The summed E-state index contributed by atoms with van der Waals surface area (Å²) < 4.78 is 18.4. The highest BCUT2D eigenvalue weighted by Gasteiger charge is 2.17. The van der Waals surface area contributed by atoms with Crippen LogP contribution in [0.2, 0.25) is 5.02 Å². The highest BCUT2D eigenvalue weighted by molar-refractivity contribution is 6.31. The third kappa shape index (κ3) is 3.13. The molecule has 0 aliphatic rings. The van der Waals surface area contributed by atoms with Crippen molar-refractivity contribution in [1.29, 1.82) is 0 Å². The molecule has 0 heterocycles. The molecule has 0 bridgehead atoms. The van der Waals surface area contributed by atoms with E-state index in [2.05, 4.69) is 0 Å². The summed E-state index contributed by atoms with van der Waals surface area (Å²) in [4.78, 5) is 0. The monoisotopic (exact) mass is 280 g/mol. The Bertz CT molecular complexity index is 572. The van der Waals surface area contributed by atoms with E-state index in [9.17, 15) is 9.50 Å². The zero-order valence-electron chi connectivity index (χ0n) is 10.4. The summed E-state index contributed by atoms with van der Waals surface area (Å²) >= 11 is 6.01. The minimum Gasteiger partial charge on any atom is -0.384 e. The molecule has 1 unspecified atom stereocenters. The standard InChI is InChI=1S/C15H14ClFO2/c1-19-9-10-4-2-3-5-12(10)15(18)13-8-11(17)6-7-14(13)16/h2-8,15,18H,9H2,1H3. The molecule has 0 saturated carbocycles. The molecule has 0 saturated heterocycles. The summed E-state index contributed by atoms with van der Waals surface area (Å²) in [6.07, 6.45) is -0.977. The van der Waals surface area contributed by atoms with Gasteiger partial charge in [-0.25, -0.2) is 4.39 Å². The number of rotatable bonds is 4. The van der Waals surface area contributed by atoms with Crippen molar-refractivity contribution in [3.05, 3.63) is 70.0 Å². The van der Waals surface area contributed by atoms with Crippen LogP contribution in [0, 0.1) is 5.82 Å². The third-order valence-corrected chi connectivity index (χ3v) is 3.25. The van der Waals surface area contributed by atoms with Crippen LogP contribution in [0.1, 0.15) is 22.8 Å². The molecule has 2 nitrogen and oxygen atoms in total. The molecule has 0 aliphatic heterocycles. The molecular formula is C15H14ClFO2. The Kier molecular flexibility index (Phi) is 4.53. The smallest absolute Gasteiger partial charge is 0.123 e. The molecule has 1 N–H and O–H groups in total. The fourth-order valence-electron chi connectivity index (χ4n) is 1.98. The summed E-state index contributed by atoms with van der Waals surface area (Å²) in [5, 5.41) is 10.7. The molecule has 0 spiro atoms. The molecule has 2 aromatic carbocycles. The zero-order chi connectivity index (χ0) is 13.8. The van der Waals surface area contributed by atoms with Gasteiger partial charge in [-0.05, 0) is 29.3 Å². The largest absolute Gasteiger partial charge is 0.384 e. The van der Waals surface area contributed by atoms with Crippen molar-refractivity contribution in [2.24, 2.45) is 0 Å². The lowest BCUT2D eigenvalue weighted by Crippen LogP contribution is -2.05. The highest BCUT2D eigenvalue weighted by Crippen LogP contribution is 2.30. The van der Waals surface area contributed by atoms with E-state index >= 15 is 0 Å². The summed E-state index contributed by atoms with van der Waals surface area (Å²) in [5.41, 5.74) is 1.86.